The van der Waals surface area contributed by atoms with Gasteiger partial charge in [0.1, 0.15) is 0 Å². The topological polar surface area (TPSA) is 32.3 Å². The molecule has 2 atom stereocenters. The Bertz CT molecular complexity index is 232. The van der Waals surface area contributed by atoms with Crippen molar-refractivity contribution in [3.63, 3.8) is 0 Å². The molecule has 1 aliphatic rings. The Hall–Kier alpha value is -0.570. The normalized spacial score (nSPS) is 24.3. The number of amides is 1. The maximum Gasteiger partial charge on any atom is 0.240 e. The molecule has 1 saturated heterocycles. The maximum absolute atomic E-state index is 12.3. The van der Waals surface area contributed by atoms with Crippen molar-refractivity contribution in [3.05, 3.63) is 0 Å². The second-order valence-electron chi connectivity index (χ2n) is 5.61. The van der Waals surface area contributed by atoms with Gasteiger partial charge in [-0.3, -0.25) is 4.79 Å². The van der Waals surface area contributed by atoms with Gasteiger partial charge in [-0.1, -0.05) is 20.8 Å². The third-order valence-electron chi connectivity index (χ3n) is 3.24. The van der Waals surface area contributed by atoms with E-state index in [0.717, 1.165) is 19.4 Å². The Morgan fingerprint density at radius 3 is 2.40 bits per heavy atom. The van der Waals surface area contributed by atoms with Gasteiger partial charge >= 0.3 is 0 Å². The molecule has 0 aromatic heterocycles. The van der Waals surface area contributed by atoms with Gasteiger partial charge in [0.2, 0.25) is 5.91 Å². The molecule has 88 valence electrons. The van der Waals surface area contributed by atoms with E-state index in [9.17, 15) is 4.79 Å². The van der Waals surface area contributed by atoms with Crippen LogP contribution >= 0.6 is 0 Å². The summed E-state index contributed by atoms with van der Waals surface area (Å²) in [5, 5.41) is 3.15. The summed E-state index contributed by atoms with van der Waals surface area (Å²) in [5.41, 5.74) is -0.0197. The lowest BCUT2D eigenvalue weighted by atomic mass is 9.86. The quantitative estimate of drug-likeness (QED) is 0.754. The van der Waals surface area contributed by atoms with E-state index >= 15 is 0 Å². The Morgan fingerprint density at radius 2 is 2.07 bits per heavy atom. The molecule has 0 aromatic rings. The molecule has 1 rings (SSSR count). The molecule has 0 saturated carbocycles. The van der Waals surface area contributed by atoms with Crippen molar-refractivity contribution in [1.82, 2.24) is 10.2 Å². The van der Waals surface area contributed by atoms with Crippen LogP contribution in [0, 0.1) is 5.41 Å². The SMILES string of the molecule is CNC(C(=O)N1CCCC1C)C(C)(C)C. The van der Waals surface area contributed by atoms with Crippen molar-refractivity contribution < 1.29 is 4.79 Å². The van der Waals surface area contributed by atoms with Crippen molar-refractivity contribution >= 4 is 5.91 Å². The Balaban J connectivity index is 2.73. The molecule has 1 aliphatic heterocycles. The lowest BCUT2D eigenvalue weighted by molar-refractivity contribution is -0.136. The van der Waals surface area contributed by atoms with Crippen molar-refractivity contribution in [2.24, 2.45) is 5.41 Å². The molecule has 3 nitrogen and oxygen atoms in total. The van der Waals surface area contributed by atoms with Crippen LogP contribution in [0.5, 0.6) is 0 Å². The minimum absolute atomic E-state index is 0.0197. The predicted octanol–water partition coefficient (Wildman–Crippen LogP) is 1.63. The first-order chi connectivity index (χ1) is 6.88. The van der Waals surface area contributed by atoms with E-state index in [1.807, 2.05) is 11.9 Å². The van der Waals surface area contributed by atoms with Crippen LogP contribution in [0.25, 0.3) is 0 Å². The molecule has 1 amide bonds. The van der Waals surface area contributed by atoms with Gasteiger partial charge in [-0.2, -0.15) is 0 Å². The van der Waals surface area contributed by atoms with Crippen LogP contribution in [-0.4, -0.2) is 36.5 Å². The largest absolute Gasteiger partial charge is 0.339 e. The lowest BCUT2D eigenvalue weighted by Gasteiger charge is -2.34. The standard InChI is InChI=1S/C12H24N2O/c1-9-7-6-8-14(9)11(15)10(13-5)12(2,3)4/h9-10,13H,6-8H2,1-5H3. The van der Waals surface area contributed by atoms with Gasteiger partial charge in [0.05, 0.1) is 6.04 Å². The molecule has 0 radical (unpaired) electrons. The number of carbonyl (C=O) groups excluding carboxylic acids is 1. The van der Waals surface area contributed by atoms with Crippen LogP contribution in [0.4, 0.5) is 0 Å². The first-order valence-electron chi connectivity index (χ1n) is 5.85. The molecule has 0 spiro atoms. The summed E-state index contributed by atoms with van der Waals surface area (Å²) in [6.07, 6.45) is 2.29. The second-order valence-corrected chi connectivity index (χ2v) is 5.61. The number of carbonyl (C=O) groups is 1. The molecule has 2 unspecified atom stereocenters. The van der Waals surface area contributed by atoms with Crippen LogP contribution in [-0.2, 0) is 4.79 Å². The summed E-state index contributed by atoms with van der Waals surface area (Å²) in [6.45, 7) is 9.38. The molecule has 3 heteroatoms. The van der Waals surface area contributed by atoms with Gasteiger partial charge in [-0.15, -0.1) is 0 Å². The molecule has 1 fully saturated rings. The van der Waals surface area contributed by atoms with E-state index in [-0.39, 0.29) is 17.4 Å². The number of nitrogens with zero attached hydrogens (tertiary/aromatic N) is 1. The van der Waals surface area contributed by atoms with E-state index in [0.29, 0.717) is 6.04 Å². The summed E-state index contributed by atoms with van der Waals surface area (Å²) in [6, 6.07) is 0.341. The summed E-state index contributed by atoms with van der Waals surface area (Å²) >= 11 is 0. The van der Waals surface area contributed by atoms with Crippen LogP contribution in [0.1, 0.15) is 40.5 Å². The molecule has 0 aromatic carbocycles. The highest BCUT2D eigenvalue weighted by Crippen LogP contribution is 2.24. The maximum atomic E-state index is 12.3. The van der Waals surface area contributed by atoms with Gasteiger partial charge in [-0.05, 0) is 32.2 Å². The molecule has 15 heavy (non-hydrogen) atoms. The number of nitrogens with one attached hydrogen (secondary N) is 1. The summed E-state index contributed by atoms with van der Waals surface area (Å²) in [7, 11) is 1.87. The second kappa shape index (κ2) is 4.52. The van der Waals surface area contributed by atoms with Crippen LogP contribution in [0.3, 0.4) is 0 Å². The molecule has 1 heterocycles. The number of likely N-dealkylation sites (N-methyl/N-ethyl adjacent to an activating group) is 1. The molecular formula is C12H24N2O. The fourth-order valence-electron chi connectivity index (χ4n) is 2.35. The predicted molar refractivity (Wildman–Crippen MR) is 62.7 cm³/mol. The first kappa shape index (κ1) is 12.5. The minimum atomic E-state index is -0.0713. The summed E-state index contributed by atoms with van der Waals surface area (Å²) < 4.78 is 0. The highest BCUT2D eigenvalue weighted by molar-refractivity contribution is 5.83. The van der Waals surface area contributed by atoms with Crippen molar-refractivity contribution in [1.29, 1.82) is 0 Å². The zero-order valence-electron chi connectivity index (χ0n) is 10.6. The van der Waals surface area contributed by atoms with E-state index in [1.165, 1.54) is 0 Å². The number of rotatable bonds is 2. The fourth-order valence-corrected chi connectivity index (χ4v) is 2.35. The molecule has 0 bridgehead atoms. The lowest BCUT2D eigenvalue weighted by Crippen LogP contribution is -2.52. The molecular weight excluding hydrogens is 188 g/mol. The summed E-state index contributed by atoms with van der Waals surface area (Å²) in [4.78, 5) is 14.3. The third-order valence-corrected chi connectivity index (χ3v) is 3.24. The average Bonchev–Trinajstić information content (AvgIpc) is 2.49. The average molecular weight is 212 g/mol. The van der Waals surface area contributed by atoms with E-state index in [4.69, 9.17) is 0 Å². The van der Waals surface area contributed by atoms with Gasteiger partial charge in [0.25, 0.3) is 0 Å². The van der Waals surface area contributed by atoms with Gasteiger partial charge in [0.15, 0.2) is 0 Å². The third kappa shape index (κ3) is 2.71. The zero-order chi connectivity index (χ0) is 11.6. The van der Waals surface area contributed by atoms with Gasteiger partial charge in [-0.25, -0.2) is 0 Å². The van der Waals surface area contributed by atoms with Gasteiger partial charge in [0, 0.05) is 12.6 Å². The van der Waals surface area contributed by atoms with Crippen molar-refractivity contribution in [2.45, 2.75) is 52.6 Å². The zero-order valence-corrected chi connectivity index (χ0v) is 10.6. The minimum Gasteiger partial charge on any atom is -0.339 e. The monoisotopic (exact) mass is 212 g/mol. The van der Waals surface area contributed by atoms with E-state index in [1.54, 1.807) is 0 Å². The first-order valence-corrected chi connectivity index (χ1v) is 5.85. The highest BCUT2D eigenvalue weighted by Gasteiger charge is 2.36. The molecule has 1 N–H and O–H groups in total. The van der Waals surface area contributed by atoms with E-state index in [2.05, 4.69) is 33.0 Å². The highest BCUT2D eigenvalue weighted by atomic mass is 16.2. The van der Waals surface area contributed by atoms with Crippen molar-refractivity contribution in [2.75, 3.05) is 13.6 Å². The van der Waals surface area contributed by atoms with Crippen molar-refractivity contribution in [3.8, 4) is 0 Å². The summed E-state index contributed by atoms with van der Waals surface area (Å²) in [5.74, 6) is 0.259. The number of hydrogen-bond acceptors (Lipinski definition) is 2. The Kier molecular flexibility index (Phi) is 3.77. The smallest absolute Gasteiger partial charge is 0.240 e. The molecule has 0 aliphatic carbocycles. The van der Waals surface area contributed by atoms with E-state index < -0.39 is 0 Å². The fraction of sp³-hybridized carbons (Fsp3) is 0.917. The number of hydrogen-bond donors (Lipinski definition) is 1. The van der Waals surface area contributed by atoms with Crippen LogP contribution in [0.15, 0.2) is 0 Å². The van der Waals surface area contributed by atoms with Crippen LogP contribution in [0.2, 0.25) is 0 Å². The number of likely N-dealkylation sites (tertiary alicyclic amines) is 1. The van der Waals surface area contributed by atoms with Gasteiger partial charge < -0.3 is 10.2 Å². The van der Waals surface area contributed by atoms with Crippen LogP contribution < -0.4 is 5.32 Å². The Labute approximate surface area is 93.2 Å². The Morgan fingerprint density at radius 1 is 1.47 bits per heavy atom.